The number of hydrogen-bond donors (Lipinski definition) is 4. The van der Waals surface area contributed by atoms with Gasteiger partial charge in [0, 0.05) is 0 Å². The number of benzene rings is 6. The molecule has 0 amide bonds. The molecule has 8 N–H and O–H groups in total. The second-order valence-corrected chi connectivity index (χ2v) is 15.9. The highest BCUT2D eigenvalue weighted by atomic mass is 19.2. The number of quaternary nitrogens is 2. The van der Waals surface area contributed by atoms with Crippen molar-refractivity contribution in [3.8, 4) is 0 Å². The quantitative estimate of drug-likeness (QED) is 0.0351. The maximum atomic E-state index is 12.9. The number of hydrogen-bond acceptors (Lipinski definition) is 14. The molecule has 28 heteroatoms. The van der Waals surface area contributed by atoms with E-state index in [1.807, 2.05) is 0 Å². The third-order valence-corrected chi connectivity index (χ3v) is 9.95. The zero-order valence-electron chi connectivity index (χ0n) is 40.8. The van der Waals surface area contributed by atoms with Crippen molar-refractivity contribution >= 4 is 47.8 Å². The summed E-state index contributed by atoms with van der Waals surface area (Å²) < 4.78 is 146. The molecule has 0 aromatic heterocycles. The van der Waals surface area contributed by atoms with Crippen molar-refractivity contribution in [1.29, 1.82) is 0 Å². The number of carboxylic acids is 4. The number of esters is 4. The summed E-state index contributed by atoms with van der Waals surface area (Å²) in [6, 6.07) is 27.3. The van der Waals surface area contributed by atoms with E-state index in [9.17, 15) is 103 Å². The lowest BCUT2D eigenvalue weighted by Crippen LogP contribution is -2.52. The summed E-state index contributed by atoms with van der Waals surface area (Å²) in [7, 11) is 0. The van der Waals surface area contributed by atoms with Crippen LogP contribution >= 0.6 is 0 Å². The zero-order chi connectivity index (χ0) is 60.3. The van der Waals surface area contributed by atoms with Crippen LogP contribution in [0.15, 0.2) is 121 Å². The summed E-state index contributed by atoms with van der Waals surface area (Å²) in [6.07, 6.45) is -9.21. The van der Waals surface area contributed by atoms with Crippen molar-refractivity contribution in [3.05, 3.63) is 213 Å². The van der Waals surface area contributed by atoms with E-state index in [2.05, 4.69) is 11.5 Å². The van der Waals surface area contributed by atoms with Gasteiger partial charge >= 0.3 is 35.8 Å². The SMILES string of the molecule is C[C@H]([NH3+])c1c(F)c(F)c(F)c(F)c1F.C[C@H]([NH3+])c1c(F)c(F)c(F)c(F)c1F.O=C(O[C@H](C(=O)[O-])[C@H](OC(=O)c1ccccc1)C(=O)O)c1ccccc1.O=C(O[C@H](C(=O)[O-])[C@H](OC(=O)c1ccccc1)C(=O)O)c1ccccc1. The summed E-state index contributed by atoms with van der Waals surface area (Å²) >= 11 is 0. The number of ether oxygens (including phenoxy) is 4. The molecule has 424 valence electrons. The minimum atomic E-state index is -2.33. The summed E-state index contributed by atoms with van der Waals surface area (Å²) in [5, 5.41) is 41.0. The monoisotopic (exact) mass is 1140 g/mol. The van der Waals surface area contributed by atoms with Crippen LogP contribution in [-0.2, 0) is 38.1 Å². The van der Waals surface area contributed by atoms with Crippen LogP contribution in [0, 0.1) is 58.2 Å². The average molecular weight is 1140 g/mol. The van der Waals surface area contributed by atoms with Crippen LogP contribution in [0.3, 0.4) is 0 Å². The van der Waals surface area contributed by atoms with Gasteiger partial charge in [-0.3, -0.25) is 0 Å². The largest absolute Gasteiger partial charge is 0.546 e. The molecule has 0 radical (unpaired) electrons. The lowest BCUT2D eigenvalue weighted by atomic mass is 10.1. The topological polar surface area (TPSA) is 315 Å². The summed E-state index contributed by atoms with van der Waals surface area (Å²) in [6.45, 7) is 2.47. The van der Waals surface area contributed by atoms with Crippen LogP contribution in [0.2, 0.25) is 0 Å². The second-order valence-electron chi connectivity index (χ2n) is 15.9. The van der Waals surface area contributed by atoms with E-state index in [0.29, 0.717) is 0 Å². The molecule has 0 saturated heterocycles. The number of carboxylic acid groups (broad SMARTS) is 4. The maximum Gasteiger partial charge on any atom is 0.349 e. The van der Waals surface area contributed by atoms with Gasteiger partial charge < -0.3 is 60.4 Å². The molecule has 6 atom stereocenters. The first-order valence-electron chi connectivity index (χ1n) is 22.2. The van der Waals surface area contributed by atoms with Crippen molar-refractivity contribution in [2.24, 2.45) is 0 Å². The Balaban J connectivity index is 0.000000292. The van der Waals surface area contributed by atoms with Gasteiger partial charge in [0.15, 0.2) is 58.7 Å². The first kappa shape index (κ1) is 64.6. The smallest absolute Gasteiger partial charge is 0.349 e. The molecule has 0 aliphatic heterocycles. The normalized spacial score (nSPS) is 12.7. The van der Waals surface area contributed by atoms with Crippen molar-refractivity contribution in [2.45, 2.75) is 50.3 Å². The molecule has 0 heterocycles. The van der Waals surface area contributed by atoms with E-state index in [-0.39, 0.29) is 22.3 Å². The van der Waals surface area contributed by atoms with Gasteiger partial charge in [-0.2, -0.15) is 0 Å². The fraction of sp³-hybridized carbons (Fsp3) is 0.154. The third kappa shape index (κ3) is 17.2. The second kappa shape index (κ2) is 29.7. The van der Waals surface area contributed by atoms with Gasteiger partial charge in [0.25, 0.3) is 0 Å². The van der Waals surface area contributed by atoms with E-state index >= 15 is 0 Å². The van der Waals surface area contributed by atoms with Crippen LogP contribution in [0.25, 0.3) is 0 Å². The fourth-order valence-electron chi connectivity index (χ4n) is 6.09. The number of carbonyl (C=O) groups excluding carboxylic acids is 6. The Hall–Kier alpha value is -9.70. The highest BCUT2D eigenvalue weighted by Gasteiger charge is 2.38. The van der Waals surface area contributed by atoms with Gasteiger partial charge in [0.2, 0.25) is 23.8 Å². The van der Waals surface area contributed by atoms with E-state index in [4.69, 9.17) is 18.9 Å². The van der Waals surface area contributed by atoms with Crippen LogP contribution in [0.4, 0.5) is 43.9 Å². The minimum Gasteiger partial charge on any atom is -0.546 e. The molecule has 0 unspecified atom stereocenters. The highest BCUT2D eigenvalue weighted by molar-refractivity contribution is 5.96. The van der Waals surface area contributed by atoms with E-state index in [0.717, 1.165) is 0 Å². The molecule has 0 aliphatic rings. The molecule has 6 rings (SSSR count). The number of carbonyl (C=O) groups is 8. The zero-order valence-corrected chi connectivity index (χ0v) is 40.8. The Morgan fingerprint density at radius 2 is 0.525 bits per heavy atom. The standard InChI is InChI=1S/2C18H14O8.2C8H6F5N/c2*19-15(20)13(25-17(23)11-7-3-1-4-8-11)14(16(21)22)26-18(24)12-9-5-2-6-10-12;2*1-2(14)3-4(9)6(11)8(13)7(12)5(3)10/h2*1-10,13-14H,(H,19,20)(H,21,22);2*2H,14H2,1H3/t2*13-,14-;2*2-/m0000/s1. The van der Waals surface area contributed by atoms with Crippen LogP contribution in [0.5, 0.6) is 0 Å². The average Bonchev–Trinajstić information content (AvgIpc) is 3.43. The lowest BCUT2D eigenvalue weighted by molar-refractivity contribution is -0.422. The minimum absolute atomic E-state index is 0.00252. The van der Waals surface area contributed by atoms with Crippen molar-refractivity contribution in [3.63, 3.8) is 0 Å². The molecule has 0 bridgehead atoms. The van der Waals surface area contributed by atoms with Gasteiger partial charge in [-0.05, 0) is 62.4 Å². The predicted octanol–water partition coefficient (Wildman–Crippen LogP) is 3.91. The highest BCUT2D eigenvalue weighted by Crippen LogP contribution is 2.27. The van der Waals surface area contributed by atoms with Gasteiger partial charge in [0.1, 0.15) is 12.1 Å². The molecule has 6 aromatic carbocycles. The molecule has 0 fully saturated rings. The summed E-state index contributed by atoms with van der Waals surface area (Å²) in [5.41, 5.74) is 4.64. The third-order valence-electron chi connectivity index (χ3n) is 9.95. The number of rotatable bonds is 16. The Labute approximate surface area is 443 Å². The fourth-order valence-corrected chi connectivity index (χ4v) is 6.09. The van der Waals surface area contributed by atoms with Gasteiger partial charge in [0.05, 0.1) is 45.3 Å². The molecule has 0 aliphatic carbocycles. The van der Waals surface area contributed by atoms with Gasteiger partial charge in [-0.1, -0.05) is 72.8 Å². The predicted molar refractivity (Wildman–Crippen MR) is 243 cm³/mol. The first-order chi connectivity index (χ1) is 37.5. The molecule has 6 aromatic rings. The van der Waals surface area contributed by atoms with Crippen molar-refractivity contribution < 1.29 is 133 Å². The Kier molecular flexibility index (Phi) is 24.0. The molecule has 18 nitrogen and oxygen atoms in total. The molecule has 0 saturated carbocycles. The Morgan fingerprint density at radius 3 is 0.688 bits per heavy atom. The Morgan fingerprint density at radius 1 is 0.350 bits per heavy atom. The molecular formula is C52H40F10N2O16. The van der Waals surface area contributed by atoms with E-state index in [1.54, 1.807) is 24.3 Å². The number of halogens is 10. The lowest BCUT2D eigenvalue weighted by Gasteiger charge is -2.24. The summed E-state index contributed by atoms with van der Waals surface area (Å²) in [4.78, 5) is 93.3. The van der Waals surface area contributed by atoms with Crippen molar-refractivity contribution in [2.75, 3.05) is 0 Å². The molecule has 0 spiro atoms. The van der Waals surface area contributed by atoms with Gasteiger partial charge in [-0.15, -0.1) is 0 Å². The molecular weight excluding hydrogens is 1100 g/mol. The Bertz CT molecular complexity index is 2790. The maximum absolute atomic E-state index is 12.9. The van der Waals surface area contributed by atoms with E-state index in [1.165, 1.54) is 111 Å². The van der Waals surface area contributed by atoms with Crippen molar-refractivity contribution in [1.82, 2.24) is 0 Å². The van der Waals surface area contributed by atoms with Gasteiger partial charge in [-0.25, -0.2) is 72.7 Å². The summed E-state index contributed by atoms with van der Waals surface area (Å²) in [5.74, 6) is -31.3. The van der Waals surface area contributed by atoms with E-state index < -0.39 is 154 Å². The van der Waals surface area contributed by atoms with Crippen LogP contribution < -0.4 is 21.7 Å². The van der Waals surface area contributed by atoms with Crippen LogP contribution in [0.1, 0.15) is 78.5 Å². The first-order valence-corrected chi connectivity index (χ1v) is 22.2. The molecule has 80 heavy (non-hydrogen) atoms. The van der Waals surface area contributed by atoms with Crippen LogP contribution in [-0.4, -0.2) is 82.4 Å². The number of aliphatic carboxylic acids is 4.